The molecule has 3 N–H and O–H groups in total. The van der Waals surface area contributed by atoms with Crippen LogP contribution in [-0.4, -0.2) is 10.5 Å². The number of halogens is 3. The van der Waals surface area contributed by atoms with E-state index in [2.05, 4.69) is 10.3 Å². The molecule has 0 spiro atoms. The van der Waals surface area contributed by atoms with E-state index in [0.717, 1.165) is 6.07 Å². The summed E-state index contributed by atoms with van der Waals surface area (Å²) in [5.41, 5.74) is 4.74. The number of alkyl halides is 3. The van der Waals surface area contributed by atoms with Crippen molar-refractivity contribution in [3.63, 3.8) is 0 Å². The van der Waals surface area contributed by atoms with Crippen LogP contribution in [0.25, 0.3) is 0 Å². The predicted octanol–water partition coefficient (Wildman–Crippen LogP) is 2.77. The van der Waals surface area contributed by atoms with Crippen LogP contribution in [0.1, 0.15) is 32.0 Å². The molecule has 0 bridgehead atoms. The Morgan fingerprint density at radius 1 is 1.24 bits per heavy atom. The summed E-state index contributed by atoms with van der Waals surface area (Å²) in [6.45, 7) is 5.67. The predicted molar refractivity (Wildman–Crippen MR) is 60.5 cm³/mol. The highest BCUT2D eigenvalue weighted by molar-refractivity contribution is 5.47. The Morgan fingerprint density at radius 3 is 2.24 bits per heavy atom. The van der Waals surface area contributed by atoms with Crippen molar-refractivity contribution in [3.8, 4) is 0 Å². The molecule has 0 aliphatic heterocycles. The van der Waals surface area contributed by atoms with Gasteiger partial charge in [0.2, 0.25) is 0 Å². The Kier molecular flexibility index (Phi) is 3.66. The molecule has 1 aromatic heterocycles. The van der Waals surface area contributed by atoms with E-state index in [1.54, 1.807) is 0 Å². The van der Waals surface area contributed by atoms with Gasteiger partial charge in [-0.05, 0) is 26.8 Å². The summed E-state index contributed by atoms with van der Waals surface area (Å²) in [4.78, 5) is 3.58. The average molecular weight is 247 g/mol. The molecule has 0 atom stereocenters. The summed E-state index contributed by atoms with van der Waals surface area (Å²) in [5.74, 6) is 0.190. The Bertz CT molecular complexity index is 394. The summed E-state index contributed by atoms with van der Waals surface area (Å²) in [6, 6.07) is 2.29. The van der Waals surface area contributed by atoms with Gasteiger partial charge in [-0.3, -0.25) is 0 Å². The summed E-state index contributed by atoms with van der Waals surface area (Å²) in [6.07, 6.45) is -4.44. The number of anilines is 1. The highest BCUT2D eigenvalue weighted by Crippen LogP contribution is 2.30. The Hall–Kier alpha value is -1.30. The van der Waals surface area contributed by atoms with Crippen molar-refractivity contribution >= 4 is 5.82 Å². The largest absolute Gasteiger partial charge is 0.433 e. The highest BCUT2D eigenvalue weighted by Gasteiger charge is 2.33. The van der Waals surface area contributed by atoms with Crippen LogP contribution in [0.5, 0.6) is 0 Å². The van der Waals surface area contributed by atoms with Gasteiger partial charge >= 0.3 is 6.18 Å². The fourth-order valence-corrected chi connectivity index (χ4v) is 1.27. The number of hydrogen-bond donors (Lipinski definition) is 2. The van der Waals surface area contributed by atoms with Crippen LogP contribution in [0.3, 0.4) is 0 Å². The fourth-order valence-electron chi connectivity index (χ4n) is 1.27. The van der Waals surface area contributed by atoms with Gasteiger partial charge in [-0.25, -0.2) is 4.98 Å². The number of nitrogens with zero attached hydrogens (tertiary/aromatic N) is 1. The summed E-state index contributed by atoms with van der Waals surface area (Å²) < 4.78 is 37.5. The molecule has 1 rings (SSSR count). The lowest BCUT2D eigenvalue weighted by atomic mass is 10.1. The molecule has 0 unspecified atom stereocenters. The molecule has 0 aromatic carbocycles. The van der Waals surface area contributed by atoms with Crippen LogP contribution < -0.4 is 11.1 Å². The van der Waals surface area contributed by atoms with Crippen LogP contribution in [0.2, 0.25) is 0 Å². The van der Waals surface area contributed by atoms with Gasteiger partial charge in [0.15, 0.2) is 0 Å². The Balaban J connectivity index is 3.16. The number of nitrogens with one attached hydrogen (secondary N) is 1. The molecular weight excluding hydrogens is 231 g/mol. The molecule has 0 saturated carbocycles. The summed E-state index contributed by atoms with van der Waals surface area (Å²) >= 11 is 0. The van der Waals surface area contributed by atoms with Gasteiger partial charge < -0.3 is 11.1 Å². The van der Waals surface area contributed by atoms with Crippen molar-refractivity contribution in [3.05, 3.63) is 23.4 Å². The molecule has 0 aliphatic carbocycles. The van der Waals surface area contributed by atoms with Gasteiger partial charge in [-0.15, -0.1) is 0 Å². The zero-order valence-corrected chi connectivity index (χ0v) is 10.0. The minimum atomic E-state index is -4.44. The molecule has 96 valence electrons. The molecule has 0 saturated heterocycles. The van der Waals surface area contributed by atoms with Crippen molar-refractivity contribution in [2.45, 2.75) is 39.0 Å². The smallest absolute Gasteiger partial charge is 0.365 e. The maximum Gasteiger partial charge on any atom is 0.433 e. The van der Waals surface area contributed by atoms with Crippen molar-refractivity contribution in [2.75, 3.05) is 5.32 Å². The van der Waals surface area contributed by atoms with E-state index in [1.165, 1.54) is 6.07 Å². The van der Waals surface area contributed by atoms with Crippen LogP contribution in [0.4, 0.5) is 19.0 Å². The van der Waals surface area contributed by atoms with E-state index in [9.17, 15) is 13.2 Å². The highest BCUT2D eigenvalue weighted by atomic mass is 19.4. The molecule has 0 amide bonds. The SMILES string of the molecule is CC(C)(C)Nc1nc(C(F)(F)F)ccc1CN. The quantitative estimate of drug-likeness (QED) is 0.844. The van der Waals surface area contributed by atoms with Crippen LogP contribution >= 0.6 is 0 Å². The maximum atomic E-state index is 12.5. The number of hydrogen-bond acceptors (Lipinski definition) is 3. The maximum absolute atomic E-state index is 12.5. The Morgan fingerprint density at radius 2 is 1.82 bits per heavy atom. The van der Waals surface area contributed by atoms with Crippen molar-refractivity contribution in [1.82, 2.24) is 4.98 Å². The fraction of sp³-hybridized carbons (Fsp3) is 0.545. The second-order valence-corrected chi connectivity index (χ2v) is 4.78. The molecule has 0 fully saturated rings. The number of nitrogens with two attached hydrogens (primary N) is 1. The summed E-state index contributed by atoms with van der Waals surface area (Å²) in [5, 5.41) is 2.92. The van der Waals surface area contributed by atoms with E-state index in [4.69, 9.17) is 5.73 Å². The van der Waals surface area contributed by atoms with E-state index >= 15 is 0 Å². The van der Waals surface area contributed by atoms with Gasteiger partial charge in [0, 0.05) is 17.6 Å². The first-order valence-electron chi connectivity index (χ1n) is 5.19. The molecule has 0 radical (unpaired) electrons. The molecule has 0 aliphatic rings. The first-order valence-corrected chi connectivity index (χ1v) is 5.19. The van der Waals surface area contributed by atoms with E-state index < -0.39 is 11.9 Å². The van der Waals surface area contributed by atoms with Gasteiger partial charge in [-0.1, -0.05) is 6.07 Å². The third kappa shape index (κ3) is 3.89. The van der Waals surface area contributed by atoms with Gasteiger partial charge in [0.1, 0.15) is 11.5 Å². The first-order chi connectivity index (χ1) is 7.63. The Labute approximate surface area is 98.2 Å². The van der Waals surface area contributed by atoms with E-state index in [-0.39, 0.29) is 17.9 Å². The first kappa shape index (κ1) is 13.8. The lowest BCUT2D eigenvalue weighted by molar-refractivity contribution is -0.141. The zero-order valence-electron chi connectivity index (χ0n) is 10.0. The molecule has 17 heavy (non-hydrogen) atoms. The molecule has 3 nitrogen and oxygen atoms in total. The van der Waals surface area contributed by atoms with Crippen LogP contribution in [0, 0.1) is 0 Å². The molecule has 1 heterocycles. The van der Waals surface area contributed by atoms with Crippen molar-refractivity contribution in [2.24, 2.45) is 5.73 Å². The molecular formula is C11H16F3N3. The monoisotopic (exact) mass is 247 g/mol. The average Bonchev–Trinajstić information content (AvgIpc) is 2.13. The molecule has 6 heteroatoms. The second kappa shape index (κ2) is 4.52. The number of rotatable bonds is 2. The number of aromatic nitrogens is 1. The van der Waals surface area contributed by atoms with Crippen molar-refractivity contribution < 1.29 is 13.2 Å². The normalized spacial score (nSPS) is 12.6. The van der Waals surface area contributed by atoms with Gasteiger partial charge in [-0.2, -0.15) is 13.2 Å². The standard InChI is InChI=1S/C11H16F3N3/c1-10(2,3)17-9-7(6-15)4-5-8(16-9)11(12,13)14/h4-5H,6,15H2,1-3H3,(H,16,17). The van der Waals surface area contributed by atoms with E-state index in [0.29, 0.717) is 5.56 Å². The third-order valence-corrected chi connectivity index (χ3v) is 1.98. The topological polar surface area (TPSA) is 50.9 Å². The number of pyridine rings is 1. The molecule has 1 aromatic rings. The minimum absolute atomic E-state index is 0.142. The second-order valence-electron chi connectivity index (χ2n) is 4.78. The third-order valence-electron chi connectivity index (χ3n) is 1.98. The minimum Gasteiger partial charge on any atom is -0.365 e. The zero-order chi connectivity index (χ0) is 13.3. The van der Waals surface area contributed by atoms with Gasteiger partial charge in [0.05, 0.1) is 0 Å². The van der Waals surface area contributed by atoms with Gasteiger partial charge in [0.25, 0.3) is 0 Å². The lowest BCUT2D eigenvalue weighted by Crippen LogP contribution is -2.28. The van der Waals surface area contributed by atoms with Crippen LogP contribution in [-0.2, 0) is 12.7 Å². The van der Waals surface area contributed by atoms with E-state index in [1.807, 2.05) is 20.8 Å². The van der Waals surface area contributed by atoms with Crippen molar-refractivity contribution in [1.29, 1.82) is 0 Å². The lowest BCUT2D eigenvalue weighted by Gasteiger charge is -2.23. The van der Waals surface area contributed by atoms with Crippen LogP contribution in [0.15, 0.2) is 12.1 Å². The summed E-state index contributed by atoms with van der Waals surface area (Å²) in [7, 11) is 0.